The minimum atomic E-state index is -0.168. The third-order valence-electron chi connectivity index (χ3n) is 6.53. The van der Waals surface area contributed by atoms with Gasteiger partial charge in [-0.25, -0.2) is 4.98 Å². The number of pyridine rings is 1. The van der Waals surface area contributed by atoms with Crippen molar-refractivity contribution in [1.82, 2.24) is 15.0 Å². The molecule has 4 aromatic rings. The highest BCUT2D eigenvalue weighted by Crippen LogP contribution is 2.32. The van der Waals surface area contributed by atoms with Crippen LogP contribution in [0.2, 0.25) is 0 Å². The number of carbonyl (C=O) groups excluding carboxylic acids is 1. The predicted octanol–water partition coefficient (Wildman–Crippen LogP) is 5.24. The maximum atomic E-state index is 13.5. The van der Waals surface area contributed by atoms with Crippen LogP contribution < -0.4 is 15.1 Å². The first-order chi connectivity index (χ1) is 17.6. The molecule has 0 unspecified atom stereocenters. The molecule has 1 aliphatic heterocycles. The van der Waals surface area contributed by atoms with Crippen LogP contribution in [0, 0.1) is 0 Å². The van der Waals surface area contributed by atoms with Gasteiger partial charge in [-0.3, -0.25) is 14.8 Å². The molecule has 1 N–H and O–H groups in total. The zero-order valence-electron chi connectivity index (χ0n) is 20.6. The molecule has 2 aromatic carbocycles. The Kier molecular flexibility index (Phi) is 6.89. The lowest BCUT2D eigenvalue weighted by Crippen LogP contribution is -2.47. The average molecular weight is 479 g/mol. The van der Waals surface area contributed by atoms with Gasteiger partial charge in [0.05, 0.1) is 28.8 Å². The molecule has 1 fully saturated rings. The van der Waals surface area contributed by atoms with Crippen molar-refractivity contribution < 1.29 is 4.79 Å². The van der Waals surface area contributed by atoms with Gasteiger partial charge < -0.3 is 15.1 Å². The number of anilines is 3. The summed E-state index contributed by atoms with van der Waals surface area (Å²) >= 11 is 0. The predicted molar refractivity (Wildman–Crippen MR) is 145 cm³/mol. The third-order valence-corrected chi connectivity index (χ3v) is 6.53. The van der Waals surface area contributed by atoms with Crippen molar-refractivity contribution in [2.75, 3.05) is 41.3 Å². The van der Waals surface area contributed by atoms with E-state index in [2.05, 4.69) is 56.0 Å². The number of nitrogens with one attached hydrogen (secondary N) is 1. The number of benzene rings is 2. The molecule has 2 aromatic heterocycles. The van der Waals surface area contributed by atoms with Gasteiger partial charge >= 0.3 is 0 Å². The van der Waals surface area contributed by atoms with E-state index in [1.165, 1.54) is 5.56 Å². The van der Waals surface area contributed by atoms with Gasteiger partial charge in [-0.2, -0.15) is 0 Å². The number of aromatic nitrogens is 3. The fourth-order valence-electron chi connectivity index (χ4n) is 4.51. The van der Waals surface area contributed by atoms with Gasteiger partial charge in [0.2, 0.25) is 0 Å². The first-order valence-electron chi connectivity index (χ1n) is 12.3. The first-order valence-corrected chi connectivity index (χ1v) is 12.3. The molecule has 36 heavy (non-hydrogen) atoms. The van der Waals surface area contributed by atoms with Gasteiger partial charge in [-0.05, 0) is 35.7 Å². The maximum Gasteiger partial charge on any atom is 0.257 e. The van der Waals surface area contributed by atoms with Crippen molar-refractivity contribution in [3.63, 3.8) is 0 Å². The summed E-state index contributed by atoms with van der Waals surface area (Å²) in [6.45, 7) is 7.68. The van der Waals surface area contributed by atoms with Crippen LogP contribution in [0.4, 0.5) is 17.2 Å². The minimum absolute atomic E-state index is 0.168. The van der Waals surface area contributed by atoms with Gasteiger partial charge in [0.25, 0.3) is 5.91 Å². The molecule has 3 heterocycles. The Balaban J connectivity index is 1.41. The van der Waals surface area contributed by atoms with E-state index in [1.54, 1.807) is 30.9 Å². The highest BCUT2D eigenvalue weighted by atomic mass is 16.1. The first kappa shape index (κ1) is 23.5. The Bertz CT molecular complexity index is 1320. The van der Waals surface area contributed by atoms with Crippen molar-refractivity contribution in [1.29, 1.82) is 0 Å². The summed E-state index contributed by atoms with van der Waals surface area (Å²) in [5.74, 6) is 1.11. The molecular weight excluding hydrogens is 448 g/mol. The second-order valence-corrected chi connectivity index (χ2v) is 9.19. The van der Waals surface area contributed by atoms with Crippen molar-refractivity contribution in [3.8, 4) is 11.3 Å². The Morgan fingerprint density at radius 3 is 2.36 bits per heavy atom. The number of nitrogens with zero attached hydrogens (tertiary/aromatic N) is 5. The Morgan fingerprint density at radius 2 is 1.64 bits per heavy atom. The summed E-state index contributed by atoms with van der Waals surface area (Å²) in [7, 11) is 0. The van der Waals surface area contributed by atoms with Gasteiger partial charge in [-0.1, -0.05) is 50.2 Å². The topological polar surface area (TPSA) is 74.2 Å². The molecular formula is C29H30N6O. The summed E-state index contributed by atoms with van der Waals surface area (Å²) in [4.78, 5) is 31.3. The molecule has 182 valence electrons. The summed E-state index contributed by atoms with van der Waals surface area (Å²) in [6.07, 6.45) is 6.94. The highest BCUT2D eigenvalue weighted by Gasteiger charge is 2.23. The quantitative estimate of drug-likeness (QED) is 0.409. The summed E-state index contributed by atoms with van der Waals surface area (Å²) in [6, 6.07) is 19.8. The number of carbonyl (C=O) groups is 1. The van der Waals surface area contributed by atoms with Crippen LogP contribution in [0.15, 0.2) is 85.5 Å². The molecule has 0 aliphatic carbocycles. The standard InChI is InChI=1S/C29H30N6O/c1-21(2)23-10-11-25(26(19-23)34-15-17-35(18-16-34)27-20-30-13-14-31-27)33-29(36)24-9-6-12-32-28(24)22-7-4-3-5-8-22/h3-14,19-21H,15-18H2,1-2H3,(H,33,36). The molecule has 0 bridgehead atoms. The number of hydrogen-bond donors (Lipinski definition) is 1. The van der Waals surface area contributed by atoms with E-state index in [4.69, 9.17) is 0 Å². The van der Waals surface area contributed by atoms with Crippen molar-refractivity contribution in [3.05, 3.63) is 96.6 Å². The summed E-state index contributed by atoms with van der Waals surface area (Å²) in [5, 5.41) is 3.19. The molecule has 0 atom stereocenters. The molecule has 1 saturated heterocycles. The monoisotopic (exact) mass is 478 g/mol. The zero-order valence-corrected chi connectivity index (χ0v) is 20.6. The molecule has 0 radical (unpaired) electrons. The van der Waals surface area contributed by atoms with Gasteiger partial charge in [-0.15, -0.1) is 0 Å². The van der Waals surface area contributed by atoms with Crippen LogP contribution in [-0.4, -0.2) is 47.0 Å². The Hall–Kier alpha value is -4.26. The number of amides is 1. The second kappa shape index (κ2) is 10.6. The lowest BCUT2D eigenvalue weighted by molar-refractivity contribution is 0.102. The van der Waals surface area contributed by atoms with Crippen molar-refractivity contribution in [2.45, 2.75) is 19.8 Å². The van der Waals surface area contributed by atoms with Crippen LogP contribution in [0.25, 0.3) is 11.3 Å². The van der Waals surface area contributed by atoms with Gasteiger partial charge in [0, 0.05) is 50.3 Å². The summed E-state index contributed by atoms with van der Waals surface area (Å²) < 4.78 is 0. The molecule has 5 rings (SSSR count). The van der Waals surface area contributed by atoms with E-state index in [9.17, 15) is 4.79 Å². The van der Waals surface area contributed by atoms with Crippen LogP contribution in [0.5, 0.6) is 0 Å². The van der Waals surface area contributed by atoms with E-state index in [0.717, 1.165) is 48.9 Å². The van der Waals surface area contributed by atoms with Gasteiger partial charge in [0.15, 0.2) is 0 Å². The van der Waals surface area contributed by atoms with E-state index < -0.39 is 0 Å². The molecule has 7 nitrogen and oxygen atoms in total. The van der Waals surface area contributed by atoms with Gasteiger partial charge in [0.1, 0.15) is 5.82 Å². The molecule has 1 aliphatic rings. The lowest BCUT2D eigenvalue weighted by Gasteiger charge is -2.37. The Morgan fingerprint density at radius 1 is 0.861 bits per heavy atom. The highest BCUT2D eigenvalue weighted by molar-refractivity contribution is 6.09. The van der Waals surface area contributed by atoms with Crippen molar-refractivity contribution in [2.24, 2.45) is 0 Å². The largest absolute Gasteiger partial charge is 0.366 e. The fourth-order valence-corrected chi connectivity index (χ4v) is 4.51. The fraction of sp³-hybridized carbons (Fsp3) is 0.241. The van der Waals surface area contributed by atoms with E-state index in [0.29, 0.717) is 17.2 Å². The molecule has 7 heteroatoms. The zero-order chi connectivity index (χ0) is 24.9. The number of hydrogen-bond acceptors (Lipinski definition) is 6. The van der Waals surface area contributed by atoms with E-state index in [1.807, 2.05) is 42.5 Å². The Labute approximate surface area is 211 Å². The van der Waals surface area contributed by atoms with E-state index >= 15 is 0 Å². The average Bonchev–Trinajstić information content (AvgIpc) is 2.94. The maximum absolute atomic E-state index is 13.5. The molecule has 0 spiro atoms. The van der Waals surface area contributed by atoms with Crippen LogP contribution >= 0.6 is 0 Å². The number of piperazine rings is 1. The SMILES string of the molecule is CC(C)c1ccc(NC(=O)c2cccnc2-c2ccccc2)c(N2CCN(c3cnccn3)CC2)c1. The van der Waals surface area contributed by atoms with Crippen molar-refractivity contribution >= 4 is 23.1 Å². The lowest BCUT2D eigenvalue weighted by atomic mass is 10.0. The smallest absolute Gasteiger partial charge is 0.257 e. The number of rotatable bonds is 6. The normalized spacial score (nSPS) is 13.6. The van der Waals surface area contributed by atoms with Crippen LogP contribution in [0.3, 0.4) is 0 Å². The van der Waals surface area contributed by atoms with Crippen LogP contribution in [-0.2, 0) is 0 Å². The third kappa shape index (κ3) is 5.05. The minimum Gasteiger partial charge on any atom is -0.366 e. The second-order valence-electron chi connectivity index (χ2n) is 9.19. The molecule has 0 saturated carbocycles. The van der Waals surface area contributed by atoms with E-state index in [-0.39, 0.29) is 5.91 Å². The summed E-state index contributed by atoms with van der Waals surface area (Å²) in [5.41, 5.74) is 5.23. The van der Waals surface area contributed by atoms with Crippen LogP contribution in [0.1, 0.15) is 35.7 Å². The molecule has 1 amide bonds.